The van der Waals surface area contributed by atoms with Crippen molar-refractivity contribution in [3.63, 3.8) is 0 Å². The lowest BCUT2D eigenvalue weighted by Crippen LogP contribution is -2.37. The van der Waals surface area contributed by atoms with E-state index in [1.54, 1.807) is 6.92 Å². The fourth-order valence-corrected chi connectivity index (χ4v) is 1.96. The van der Waals surface area contributed by atoms with Crippen LogP contribution >= 0.6 is 12.6 Å². The fourth-order valence-electron chi connectivity index (χ4n) is 1.88. The van der Waals surface area contributed by atoms with Crippen molar-refractivity contribution >= 4 is 18.5 Å². The molecule has 1 aliphatic carbocycles. The lowest BCUT2D eigenvalue weighted by Gasteiger charge is -2.18. The van der Waals surface area contributed by atoms with Gasteiger partial charge in [0.1, 0.15) is 0 Å². The molecule has 0 aliphatic heterocycles. The summed E-state index contributed by atoms with van der Waals surface area (Å²) in [6.07, 6.45) is 3.41. The molecular formula is C10H19NOS. The second kappa shape index (κ2) is 3.91. The zero-order valence-corrected chi connectivity index (χ0v) is 9.53. The Bertz CT molecular complexity index is 201. The first-order chi connectivity index (χ1) is 5.91. The third-order valence-electron chi connectivity index (χ3n) is 2.69. The SMILES string of the molecule is CC(S)C(=O)NC1CCC(C)(C)C1. The van der Waals surface area contributed by atoms with Gasteiger partial charge in [-0.25, -0.2) is 0 Å². The summed E-state index contributed by atoms with van der Waals surface area (Å²) in [5.74, 6) is 0.0611. The molecule has 0 radical (unpaired) electrons. The molecule has 1 saturated carbocycles. The van der Waals surface area contributed by atoms with Crippen LogP contribution in [0.3, 0.4) is 0 Å². The fraction of sp³-hybridized carbons (Fsp3) is 0.900. The predicted molar refractivity (Wildman–Crippen MR) is 58.0 cm³/mol. The monoisotopic (exact) mass is 201 g/mol. The number of thiol groups is 1. The van der Waals surface area contributed by atoms with Crippen molar-refractivity contribution in [2.75, 3.05) is 0 Å². The van der Waals surface area contributed by atoms with Gasteiger partial charge in [0.15, 0.2) is 0 Å². The summed E-state index contributed by atoms with van der Waals surface area (Å²) in [6.45, 7) is 6.31. The summed E-state index contributed by atoms with van der Waals surface area (Å²) < 4.78 is 0. The van der Waals surface area contributed by atoms with Crippen LogP contribution in [-0.4, -0.2) is 17.2 Å². The molecule has 0 bridgehead atoms. The number of amides is 1. The number of nitrogens with one attached hydrogen (secondary N) is 1. The van der Waals surface area contributed by atoms with Gasteiger partial charge in [-0.15, -0.1) is 0 Å². The van der Waals surface area contributed by atoms with Gasteiger partial charge < -0.3 is 5.32 Å². The van der Waals surface area contributed by atoms with Crippen molar-refractivity contribution in [1.29, 1.82) is 0 Å². The molecule has 0 aromatic heterocycles. The molecular weight excluding hydrogens is 182 g/mol. The van der Waals surface area contributed by atoms with Crippen LogP contribution in [0.4, 0.5) is 0 Å². The normalized spacial score (nSPS) is 28.5. The lowest BCUT2D eigenvalue weighted by atomic mass is 9.92. The first-order valence-electron chi connectivity index (χ1n) is 4.89. The topological polar surface area (TPSA) is 29.1 Å². The Balaban J connectivity index is 2.37. The van der Waals surface area contributed by atoms with E-state index < -0.39 is 0 Å². The number of hydrogen-bond acceptors (Lipinski definition) is 2. The molecule has 0 aromatic carbocycles. The van der Waals surface area contributed by atoms with Crippen molar-refractivity contribution in [1.82, 2.24) is 5.32 Å². The smallest absolute Gasteiger partial charge is 0.232 e. The van der Waals surface area contributed by atoms with Gasteiger partial charge in [-0.3, -0.25) is 4.79 Å². The highest BCUT2D eigenvalue weighted by Gasteiger charge is 2.31. The van der Waals surface area contributed by atoms with E-state index in [2.05, 4.69) is 31.8 Å². The van der Waals surface area contributed by atoms with Crippen LogP contribution in [0.25, 0.3) is 0 Å². The van der Waals surface area contributed by atoms with Crippen molar-refractivity contribution < 1.29 is 4.79 Å². The van der Waals surface area contributed by atoms with Crippen LogP contribution in [0.1, 0.15) is 40.0 Å². The lowest BCUT2D eigenvalue weighted by molar-refractivity contribution is -0.120. The molecule has 1 rings (SSSR count). The van der Waals surface area contributed by atoms with E-state index in [0.717, 1.165) is 12.8 Å². The summed E-state index contributed by atoms with van der Waals surface area (Å²) in [5.41, 5.74) is 0.401. The molecule has 1 aliphatic rings. The van der Waals surface area contributed by atoms with Gasteiger partial charge in [-0.2, -0.15) is 12.6 Å². The maximum absolute atomic E-state index is 11.3. The van der Waals surface area contributed by atoms with Gasteiger partial charge in [-0.05, 0) is 31.6 Å². The number of hydrogen-bond donors (Lipinski definition) is 2. The molecule has 0 saturated heterocycles. The maximum atomic E-state index is 11.3. The largest absolute Gasteiger partial charge is 0.352 e. The first-order valence-corrected chi connectivity index (χ1v) is 5.41. The van der Waals surface area contributed by atoms with Gasteiger partial charge in [0, 0.05) is 6.04 Å². The highest BCUT2D eigenvalue weighted by molar-refractivity contribution is 7.81. The predicted octanol–water partition coefficient (Wildman–Crippen LogP) is 2.00. The molecule has 1 fully saturated rings. The van der Waals surface area contributed by atoms with Gasteiger partial charge in [0.2, 0.25) is 5.91 Å². The van der Waals surface area contributed by atoms with Crippen molar-refractivity contribution in [2.45, 2.75) is 51.3 Å². The minimum Gasteiger partial charge on any atom is -0.352 e. The van der Waals surface area contributed by atoms with Crippen LogP contribution in [-0.2, 0) is 4.79 Å². The van der Waals surface area contributed by atoms with E-state index in [0.29, 0.717) is 11.5 Å². The molecule has 1 N–H and O–H groups in total. The van der Waals surface area contributed by atoms with E-state index in [-0.39, 0.29) is 11.2 Å². The highest BCUT2D eigenvalue weighted by atomic mass is 32.1. The Kier molecular flexibility index (Phi) is 3.28. The van der Waals surface area contributed by atoms with Crippen LogP contribution in [0.5, 0.6) is 0 Å². The Morgan fingerprint density at radius 1 is 1.62 bits per heavy atom. The molecule has 0 spiro atoms. The van der Waals surface area contributed by atoms with Gasteiger partial charge in [-0.1, -0.05) is 13.8 Å². The van der Waals surface area contributed by atoms with Crippen LogP contribution in [0.2, 0.25) is 0 Å². The highest BCUT2D eigenvalue weighted by Crippen LogP contribution is 2.36. The van der Waals surface area contributed by atoms with Crippen molar-refractivity contribution in [3.05, 3.63) is 0 Å². The average Bonchev–Trinajstić information content (AvgIpc) is 2.30. The summed E-state index contributed by atoms with van der Waals surface area (Å²) in [4.78, 5) is 11.3. The van der Waals surface area contributed by atoms with Gasteiger partial charge in [0.05, 0.1) is 5.25 Å². The summed E-state index contributed by atoms with van der Waals surface area (Å²) in [7, 11) is 0. The molecule has 0 heterocycles. The van der Waals surface area contributed by atoms with Crippen molar-refractivity contribution in [2.24, 2.45) is 5.41 Å². The molecule has 76 valence electrons. The zero-order valence-electron chi connectivity index (χ0n) is 8.63. The van der Waals surface area contributed by atoms with Crippen LogP contribution in [0, 0.1) is 5.41 Å². The molecule has 2 atom stereocenters. The Morgan fingerprint density at radius 2 is 2.23 bits per heavy atom. The summed E-state index contributed by atoms with van der Waals surface area (Å²) >= 11 is 4.10. The zero-order chi connectivity index (χ0) is 10.1. The molecule has 1 amide bonds. The van der Waals surface area contributed by atoms with E-state index in [1.165, 1.54) is 6.42 Å². The number of carbonyl (C=O) groups excluding carboxylic acids is 1. The van der Waals surface area contributed by atoms with E-state index in [9.17, 15) is 4.79 Å². The second-order valence-electron chi connectivity index (χ2n) is 4.79. The van der Waals surface area contributed by atoms with Gasteiger partial charge >= 0.3 is 0 Å². The van der Waals surface area contributed by atoms with E-state index in [1.807, 2.05) is 0 Å². The molecule has 0 aromatic rings. The summed E-state index contributed by atoms with van der Waals surface area (Å²) in [5, 5.41) is 2.83. The second-order valence-corrected chi connectivity index (χ2v) is 5.56. The molecule has 3 heteroatoms. The number of carbonyl (C=O) groups is 1. The van der Waals surface area contributed by atoms with Gasteiger partial charge in [0.25, 0.3) is 0 Å². The Hall–Kier alpha value is -0.180. The molecule has 2 nitrogen and oxygen atoms in total. The molecule has 13 heavy (non-hydrogen) atoms. The van der Waals surface area contributed by atoms with E-state index >= 15 is 0 Å². The Morgan fingerprint density at radius 3 is 2.62 bits per heavy atom. The number of rotatable bonds is 2. The van der Waals surface area contributed by atoms with Crippen molar-refractivity contribution in [3.8, 4) is 0 Å². The minimum atomic E-state index is -0.191. The quantitative estimate of drug-likeness (QED) is 0.657. The third-order valence-corrected chi connectivity index (χ3v) is 2.93. The van der Waals surface area contributed by atoms with E-state index in [4.69, 9.17) is 0 Å². The third kappa shape index (κ3) is 3.22. The average molecular weight is 201 g/mol. The molecule has 2 unspecified atom stereocenters. The Labute approximate surface area is 85.9 Å². The van der Waals surface area contributed by atoms with Crippen LogP contribution < -0.4 is 5.32 Å². The summed E-state index contributed by atoms with van der Waals surface area (Å²) in [6, 6.07) is 0.372. The first kappa shape index (κ1) is 10.9. The minimum absolute atomic E-state index is 0.0611. The maximum Gasteiger partial charge on any atom is 0.232 e. The standard InChI is InChI=1S/C10H19NOS/c1-7(13)9(12)11-8-4-5-10(2,3)6-8/h7-8,13H,4-6H2,1-3H3,(H,11,12). The van der Waals surface area contributed by atoms with Crippen LogP contribution in [0.15, 0.2) is 0 Å².